The van der Waals surface area contributed by atoms with E-state index in [1.54, 1.807) is 36.5 Å². The third-order valence-electron chi connectivity index (χ3n) is 7.41. The van der Waals surface area contributed by atoms with Crippen molar-refractivity contribution in [1.29, 1.82) is 0 Å². The lowest BCUT2D eigenvalue weighted by atomic mass is 10.0. The Morgan fingerprint density at radius 3 is 2.29 bits per heavy atom. The van der Waals surface area contributed by atoms with E-state index in [0.29, 0.717) is 43.4 Å². The van der Waals surface area contributed by atoms with Gasteiger partial charge >= 0.3 is 6.18 Å². The van der Waals surface area contributed by atoms with Gasteiger partial charge in [0.1, 0.15) is 11.4 Å². The van der Waals surface area contributed by atoms with E-state index in [2.05, 4.69) is 49.8 Å². The smallest absolute Gasteiger partial charge is 0.355 e. The molecule has 0 radical (unpaired) electrons. The number of benzene rings is 2. The van der Waals surface area contributed by atoms with Crippen molar-refractivity contribution in [2.45, 2.75) is 46.6 Å². The maximum Gasteiger partial charge on any atom is 0.421 e. The molecule has 2 aromatic heterocycles. The minimum absolute atomic E-state index is 0.0561. The number of carbonyl (C=O) groups is 1. The molecule has 2 heterocycles. The van der Waals surface area contributed by atoms with Crippen molar-refractivity contribution >= 4 is 37.4 Å². The highest BCUT2D eigenvalue weighted by Crippen LogP contribution is 2.42. The van der Waals surface area contributed by atoms with Crippen molar-refractivity contribution in [3.63, 3.8) is 0 Å². The zero-order valence-electron chi connectivity index (χ0n) is 27.8. The van der Waals surface area contributed by atoms with Crippen molar-refractivity contribution in [3.8, 4) is 11.1 Å². The summed E-state index contributed by atoms with van der Waals surface area (Å²) in [6.07, 6.45) is 0.145. The molecule has 15 heteroatoms. The number of halogens is 3. The van der Waals surface area contributed by atoms with Gasteiger partial charge in [-0.25, -0.2) is 4.98 Å². The van der Waals surface area contributed by atoms with Crippen LogP contribution in [0.15, 0.2) is 61.1 Å². The Labute approximate surface area is 280 Å². The van der Waals surface area contributed by atoms with Gasteiger partial charge in [0.05, 0.1) is 37.2 Å². The molecule has 4 aromatic rings. The lowest BCUT2D eigenvalue weighted by Crippen LogP contribution is -2.27. The maximum atomic E-state index is 14.1. The molecule has 258 valence electrons. The number of hydrogen-bond acceptors (Lipinski definition) is 9. The molecule has 0 spiro atoms. The van der Waals surface area contributed by atoms with Gasteiger partial charge in [-0.3, -0.25) is 9.48 Å². The van der Waals surface area contributed by atoms with Crippen LogP contribution in [-0.2, 0) is 27.9 Å². The number of nitrogens with one attached hydrogen (secondary N) is 3. The topological polar surface area (TPSA) is 118 Å². The van der Waals surface area contributed by atoms with Crippen LogP contribution in [0.5, 0.6) is 0 Å². The van der Waals surface area contributed by atoms with E-state index in [1.807, 2.05) is 36.9 Å². The van der Waals surface area contributed by atoms with Crippen molar-refractivity contribution in [1.82, 2.24) is 30.0 Å². The summed E-state index contributed by atoms with van der Waals surface area (Å²) in [5.41, 5.74) is 2.23. The number of nitrogens with zero attached hydrogens (tertiary/aromatic N) is 5. The second-order valence-corrected chi connectivity index (χ2v) is 12.1. The first-order valence-corrected chi connectivity index (χ1v) is 17.2. The Hall–Kier alpha value is -4.10. The number of alkyl halides is 3. The van der Waals surface area contributed by atoms with Crippen molar-refractivity contribution in [2.24, 2.45) is 0 Å². The van der Waals surface area contributed by atoms with Gasteiger partial charge in [0.2, 0.25) is 5.95 Å². The molecule has 0 fully saturated rings. The van der Waals surface area contributed by atoms with Gasteiger partial charge in [0.25, 0.3) is 5.91 Å². The lowest BCUT2D eigenvalue weighted by Gasteiger charge is -2.17. The summed E-state index contributed by atoms with van der Waals surface area (Å²) in [6.45, 7) is 12.5. The first-order valence-electron chi connectivity index (χ1n) is 15.8. The zero-order valence-corrected chi connectivity index (χ0v) is 28.7. The SMILES string of the molecule is CCOP(Cc1ccc(Nc2ncc(C(F)(F)F)c(Nc3ccc(-c4cnn(CCN(CC)CC)c4)cc3C(=O)NC)n2)cc1)OCC. The van der Waals surface area contributed by atoms with Crippen LogP contribution in [0.25, 0.3) is 11.1 Å². The fourth-order valence-corrected chi connectivity index (χ4v) is 6.18. The van der Waals surface area contributed by atoms with Gasteiger partial charge in [0, 0.05) is 43.4 Å². The Balaban J connectivity index is 1.58. The van der Waals surface area contributed by atoms with Gasteiger partial charge < -0.3 is 29.9 Å². The third-order valence-corrected chi connectivity index (χ3v) is 9.13. The molecule has 0 aliphatic carbocycles. The highest BCUT2D eigenvalue weighted by atomic mass is 31.2. The zero-order chi connectivity index (χ0) is 34.7. The van der Waals surface area contributed by atoms with Gasteiger partial charge in [0.15, 0.2) is 8.38 Å². The first-order chi connectivity index (χ1) is 23.1. The summed E-state index contributed by atoms with van der Waals surface area (Å²) in [7, 11) is 0.395. The van der Waals surface area contributed by atoms with Crippen LogP contribution < -0.4 is 16.0 Å². The molecule has 3 N–H and O–H groups in total. The monoisotopic (exact) mass is 686 g/mol. The number of carbonyl (C=O) groups excluding carboxylic acids is 1. The largest absolute Gasteiger partial charge is 0.421 e. The van der Waals surface area contributed by atoms with E-state index in [1.165, 1.54) is 7.05 Å². The van der Waals surface area contributed by atoms with Crippen LogP contribution in [0, 0.1) is 0 Å². The molecule has 4 rings (SSSR count). The van der Waals surface area contributed by atoms with Crippen LogP contribution >= 0.6 is 8.38 Å². The predicted octanol–water partition coefficient (Wildman–Crippen LogP) is 7.43. The van der Waals surface area contributed by atoms with E-state index in [9.17, 15) is 18.0 Å². The van der Waals surface area contributed by atoms with E-state index < -0.39 is 31.8 Å². The number of likely N-dealkylation sites (N-methyl/N-ethyl adjacent to an activating group) is 1. The quantitative estimate of drug-likeness (QED) is 0.0975. The number of aromatic nitrogens is 4. The standard InChI is InChI=1S/C33H42F3N8O3P/c1-6-43(7-2)16-17-44-21-25(19-39-44)24-12-15-29(27(18-24)31(45)37-5)41-30-28(33(34,35)36)20-38-32(42-30)40-26-13-10-23(11-14-26)22-48(46-8-3)47-9-4/h10-15,18-21H,6-9,16-17,22H2,1-5H3,(H,37,45)(H2,38,40,41,42). The summed E-state index contributed by atoms with van der Waals surface area (Å²) in [5.74, 6) is -1.04. The van der Waals surface area contributed by atoms with Gasteiger partial charge in [-0.2, -0.15) is 23.3 Å². The lowest BCUT2D eigenvalue weighted by molar-refractivity contribution is -0.137. The number of hydrogen-bond donors (Lipinski definition) is 3. The van der Waals surface area contributed by atoms with E-state index in [4.69, 9.17) is 9.05 Å². The Morgan fingerprint density at radius 2 is 1.67 bits per heavy atom. The second-order valence-electron chi connectivity index (χ2n) is 10.6. The minimum atomic E-state index is -4.76. The second kappa shape index (κ2) is 17.3. The van der Waals surface area contributed by atoms with Crippen molar-refractivity contribution in [3.05, 3.63) is 77.7 Å². The summed E-state index contributed by atoms with van der Waals surface area (Å²) < 4.78 is 55.4. The van der Waals surface area contributed by atoms with E-state index >= 15 is 0 Å². The summed E-state index contributed by atoms with van der Waals surface area (Å²) in [4.78, 5) is 23.3. The van der Waals surface area contributed by atoms with Crippen molar-refractivity contribution in [2.75, 3.05) is 50.5 Å². The summed E-state index contributed by atoms with van der Waals surface area (Å²) in [6, 6.07) is 12.2. The molecule has 1 amide bonds. The maximum absolute atomic E-state index is 14.1. The Morgan fingerprint density at radius 1 is 0.958 bits per heavy atom. The predicted molar refractivity (Wildman–Crippen MR) is 183 cm³/mol. The first kappa shape index (κ1) is 36.7. The Bertz CT molecular complexity index is 1630. The van der Waals surface area contributed by atoms with Crippen LogP contribution in [0.2, 0.25) is 0 Å². The molecule has 0 saturated heterocycles. The number of rotatable bonds is 17. The summed E-state index contributed by atoms with van der Waals surface area (Å²) in [5, 5.41) is 12.7. The number of anilines is 4. The normalized spacial score (nSPS) is 11.7. The fourth-order valence-electron chi connectivity index (χ4n) is 4.83. The molecule has 0 unspecified atom stereocenters. The molecule has 0 bridgehead atoms. The average molecular weight is 687 g/mol. The van der Waals surface area contributed by atoms with Gasteiger partial charge in [-0.05, 0) is 62.3 Å². The number of amides is 1. The molecule has 2 aromatic carbocycles. The average Bonchev–Trinajstić information content (AvgIpc) is 3.55. The molecule has 11 nitrogen and oxygen atoms in total. The van der Waals surface area contributed by atoms with Crippen LogP contribution in [0.3, 0.4) is 0 Å². The van der Waals surface area contributed by atoms with Crippen LogP contribution in [0.4, 0.5) is 36.3 Å². The summed E-state index contributed by atoms with van der Waals surface area (Å²) >= 11 is 0. The van der Waals surface area contributed by atoms with Gasteiger partial charge in [-0.1, -0.05) is 32.0 Å². The van der Waals surface area contributed by atoms with E-state index in [-0.39, 0.29) is 17.2 Å². The molecule has 48 heavy (non-hydrogen) atoms. The highest BCUT2D eigenvalue weighted by Gasteiger charge is 2.35. The van der Waals surface area contributed by atoms with Crippen LogP contribution in [0.1, 0.15) is 49.2 Å². The fraction of sp³-hybridized carbons (Fsp3) is 0.394. The molecule has 0 aliphatic heterocycles. The third kappa shape index (κ3) is 9.96. The Kier molecular flexibility index (Phi) is 13.3. The molecule has 0 atom stereocenters. The van der Waals surface area contributed by atoms with Gasteiger partial charge in [-0.15, -0.1) is 0 Å². The van der Waals surface area contributed by atoms with Crippen LogP contribution in [-0.4, -0.2) is 70.5 Å². The minimum Gasteiger partial charge on any atom is -0.355 e. The highest BCUT2D eigenvalue weighted by molar-refractivity contribution is 7.46. The van der Waals surface area contributed by atoms with Crippen molar-refractivity contribution < 1.29 is 27.0 Å². The molecular formula is C33H42F3N8O3P. The molecular weight excluding hydrogens is 644 g/mol. The molecule has 0 saturated carbocycles. The molecule has 0 aliphatic rings. The van der Waals surface area contributed by atoms with E-state index in [0.717, 1.165) is 30.8 Å².